The van der Waals surface area contributed by atoms with Crippen molar-refractivity contribution in [3.63, 3.8) is 0 Å². The van der Waals surface area contributed by atoms with Gasteiger partial charge in [0, 0.05) is 6.07 Å². The van der Waals surface area contributed by atoms with E-state index in [1.54, 1.807) is 0 Å². The maximum Gasteiger partial charge on any atom is 0.174 e. The molecule has 0 fully saturated rings. The molecular weight excluding hydrogens is 244 g/mol. The van der Waals surface area contributed by atoms with Crippen LogP contribution in [0.15, 0.2) is 12.1 Å². The Bertz CT molecular complexity index is 454. The molecule has 0 amide bonds. The second-order valence-electron chi connectivity index (χ2n) is 3.49. The first-order chi connectivity index (χ1) is 7.99. The highest BCUT2D eigenvalue weighted by Gasteiger charge is 2.17. The monoisotopic (exact) mass is 256 g/mol. The minimum absolute atomic E-state index is 0.166. The van der Waals surface area contributed by atoms with E-state index in [-0.39, 0.29) is 18.0 Å². The summed E-state index contributed by atoms with van der Waals surface area (Å²) < 4.78 is 10.1. The lowest BCUT2D eigenvalue weighted by atomic mass is 10.0. The lowest BCUT2D eigenvalue weighted by Gasteiger charge is -2.10. The zero-order valence-electron chi connectivity index (χ0n) is 9.87. The number of hydrogen-bond donors (Lipinski definition) is 0. The van der Waals surface area contributed by atoms with Crippen LogP contribution < -0.4 is 9.47 Å². The molecule has 92 valence electrons. The summed E-state index contributed by atoms with van der Waals surface area (Å²) in [5.41, 5.74) is 0.295. The Labute approximate surface area is 104 Å². The third-order valence-corrected chi connectivity index (χ3v) is 2.48. The van der Waals surface area contributed by atoms with Gasteiger partial charge < -0.3 is 9.47 Å². The van der Waals surface area contributed by atoms with Crippen LogP contribution >= 0.6 is 11.6 Å². The van der Waals surface area contributed by atoms with Crippen LogP contribution in [0.3, 0.4) is 0 Å². The normalized spacial score (nSPS) is 9.88. The van der Waals surface area contributed by atoms with Gasteiger partial charge in [0.2, 0.25) is 0 Å². The minimum atomic E-state index is -0.315. The van der Waals surface area contributed by atoms with E-state index >= 15 is 0 Å². The third-order valence-electron chi connectivity index (χ3n) is 2.18. The summed E-state index contributed by atoms with van der Waals surface area (Å²) in [5, 5.41) is 0.351. The van der Waals surface area contributed by atoms with E-state index < -0.39 is 0 Å². The summed E-state index contributed by atoms with van der Waals surface area (Å²) in [7, 11) is 2.88. The smallest absolute Gasteiger partial charge is 0.174 e. The Morgan fingerprint density at radius 2 is 1.76 bits per heavy atom. The number of benzene rings is 1. The van der Waals surface area contributed by atoms with E-state index in [0.717, 1.165) is 0 Å². The number of methoxy groups -OCH3 is 2. The molecule has 0 aromatic heterocycles. The first-order valence-electron chi connectivity index (χ1n) is 4.93. The van der Waals surface area contributed by atoms with Gasteiger partial charge in [-0.15, -0.1) is 0 Å². The molecular formula is C12H13ClO4. The van der Waals surface area contributed by atoms with Crippen molar-refractivity contribution < 1.29 is 19.1 Å². The number of Topliss-reactive ketones (excluding diaryl/α,β-unsaturated/α-hetero) is 2. The van der Waals surface area contributed by atoms with Crippen LogP contribution in [0, 0.1) is 0 Å². The highest BCUT2D eigenvalue weighted by Crippen LogP contribution is 2.33. The van der Waals surface area contributed by atoms with E-state index in [0.29, 0.717) is 22.1 Å². The molecule has 0 bridgehead atoms. The number of halogens is 1. The molecule has 0 saturated heterocycles. The lowest BCUT2D eigenvalue weighted by molar-refractivity contribution is -0.116. The molecule has 0 saturated carbocycles. The van der Waals surface area contributed by atoms with E-state index in [1.165, 1.54) is 33.3 Å². The van der Waals surface area contributed by atoms with Crippen molar-refractivity contribution >= 4 is 23.2 Å². The third kappa shape index (κ3) is 3.20. The van der Waals surface area contributed by atoms with Crippen LogP contribution in [-0.2, 0) is 4.79 Å². The predicted octanol–water partition coefficient (Wildman–Crippen LogP) is 2.52. The molecule has 0 unspecified atom stereocenters. The molecule has 1 rings (SSSR count). The SMILES string of the molecule is COc1cc(C(=O)CC(C)=O)c(OC)cc1Cl. The average Bonchev–Trinajstić information content (AvgIpc) is 2.27. The van der Waals surface area contributed by atoms with E-state index in [1.807, 2.05) is 0 Å². The summed E-state index contributed by atoms with van der Waals surface area (Å²) >= 11 is 5.91. The molecule has 0 aliphatic heterocycles. The molecule has 0 radical (unpaired) electrons. The zero-order chi connectivity index (χ0) is 13.0. The molecule has 0 aliphatic carbocycles. The Kier molecular flexibility index (Phi) is 4.52. The van der Waals surface area contributed by atoms with Crippen LogP contribution in [0.5, 0.6) is 11.5 Å². The molecule has 0 aliphatic rings. The fourth-order valence-electron chi connectivity index (χ4n) is 1.40. The maximum atomic E-state index is 11.8. The predicted molar refractivity (Wildman–Crippen MR) is 64.2 cm³/mol. The minimum Gasteiger partial charge on any atom is -0.496 e. The van der Waals surface area contributed by atoms with Gasteiger partial charge in [-0.3, -0.25) is 9.59 Å². The summed E-state index contributed by atoms with van der Waals surface area (Å²) in [6, 6.07) is 2.97. The van der Waals surface area contributed by atoms with Gasteiger partial charge in [-0.25, -0.2) is 0 Å². The van der Waals surface area contributed by atoms with Gasteiger partial charge in [0.15, 0.2) is 5.78 Å². The Balaban J connectivity index is 3.20. The summed E-state index contributed by atoms with van der Waals surface area (Å²) in [6.07, 6.45) is -0.166. The first-order valence-corrected chi connectivity index (χ1v) is 5.31. The highest BCUT2D eigenvalue weighted by molar-refractivity contribution is 6.32. The van der Waals surface area contributed by atoms with Crippen molar-refractivity contribution in [1.29, 1.82) is 0 Å². The molecule has 5 heteroatoms. The summed E-state index contributed by atoms with van der Waals surface area (Å²) in [4.78, 5) is 22.7. The molecule has 1 aromatic carbocycles. The second-order valence-corrected chi connectivity index (χ2v) is 3.90. The molecule has 0 heterocycles. The number of ketones is 2. The van der Waals surface area contributed by atoms with Crippen molar-refractivity contribution in [3.8, 4) is 11.5 Å². The Hall–Kier alpha value is -1.55. The number of hydrogen-bond acceptors (Lipinski definition) is 4. The summed E-state index contributed by atoms with van der Waals surface area (Å²) in [6.45, 7) is 1.36. The highest BCUT2D eigenvalue weighted by atomic mass is 35.5. The van der Waals surface area contributed by atoms with Crippen molar-refractivity contribution in [2.45, 2.75) is 13.3 Å². The average molecular weight is 257 g/mol. The topological polar surface area (TPSA) is 52.6 Å². The van der Waals surface area contributed by atoms with Crippen LogP contribution in [0.2, 0.25) is 5.02 Å². The number of ether oxygens (including phenoxy) is 2. The fraction of sp³-hybridized carbons (Fsp3) is 0.333. The maximum absolute atomic E-state index is 11.8. The van der Waals surface area contributed by atoms with Gasteiger partial charge in [-0.2, -0.15) is 0 Å². The van der Waals surface area contributed by atoms with E-state index in [9.17, 15) is 9.59 Å². The van der Waals surface area contributed by atoms with Gasteiger partial charge in [0.05, 0.1) is 31.2 Å². The standard InChI is InChI=1S/C12H13ClO4/c1-7(14)4-10(15)8-5-12(17-3)9(13)6-11(8)16-2/h5-6H,4H2,1-3H3. The second kappa shape index (κ2) is 5.68. The molecule has 0 N–H and O–H groups in total. The van der Waals surface area contributed by atoms with Crippen molar-refractivity contribution in [3.05, 3.63) is 22.7 Å². The quantitative estimate of drug-likeness (QED) is 0.600. The molecule has 4 nitrogen and oxygen atoms in total. The van der Waals surface area contributed by atoms with Gasteiger partial charge in [-0.05, 0) is 13.0 Å². The molecule has 17 heavy (non-hydrogen) atoms. The number of rotatable bonds is 5. The Morgan fingerprint density at radius 3 is 2.24 bits per heavy atom. The van der Waals surface area contributed by atoms with Gasteiger partial charge in [0.1, 0.15) is 17.3 Å². The van der Waals surface area contributed by atoms with Crippen LogP contribution in [0.25, 0.3) is 0 Å². The van der Waals surface area contributed by atoms with Crippen LogP contribution in [0.4, 0.5) is 0 Å². The van der Waals surface area contributed by atoms with Crippen molar-refractivity contribution in [2.24, 2.45) is 0 Å². The molecule has 1 aromatic rings. The van der Waals surface area contributed by atoms with Crippen LogP contribution in [0.1, 0.15) is 23.7 Å². The van der Waals surface area contributed by atoms with Gasteiger partial charge >= 0.3 is 0 Å². The van der Waals surface area contributed by atoms with Crippen molar-refractivity contribution in [2.75, 3.05) is 14.2 Å². The summed E-state index contributed by atoms with van der Waals surface area (Å²) in [5.74, 6) is 0.191. The number of carbonyl (C=O) groups excluding carboxylic acids is 2. The van der Waals surface area contributed by atoms with E-state index in [2.05, 4.69) is 0 Å². The lowest BCUT2D eigenvalue weighted by Crippen LogP contribution is -2.07. The Morgan fingerprint density at radius 1 is 1.18 bits per heavy atom. The number of carbonyl (C=O) groups is 2. The zero-order valence-corrected chi connectivity index (χ0v) is 10.6. The van der Waals surface area contributed by atoms with Gasteiger partial charge in [0.25, 0.3) is 0 Å². The first kappa shape index (κ1) is 13.5. The van der Waals surface area contributed by atoms with Gasteiger partial charge in [-0.1, -0.05) is 11.6 Å². The fourth-order valence-corrected chi connectivity index (χ4v) is 1.63. The van der Waals surface area contributed by atoms with Crippen LogP contribution in [-0.4, -0.2) is 25.8 Å². The molecule has 0 atom stereocenters. The van der Waals surface area contributed by atoms with Crippen molar-refractivity contribution in [1.82, 2.24) is 0 Å². The molecule has 0 spiro atoms. The van der Waals surface area contributed by atoms with E-state index in [4.69, 9.17) is 21.1 Å². The largest absolute Gasteiger partial charge is 0.496 e.